The highest BCUT2D eigenvalue weighted by Crippen LogP contribution is 2.01. The molecule has 4 heteroatoms. The van der Waals surface area contributed by atoms with Gasteiger partial charge in [0.1, 0.15) is 5.82 Å². The number of rotatable bonds is 7. The van der Waals surface area contributed by atoms with Gasteiger partial charge < -0.3 is 9.88 Å². The van der Waals surface area contributed by atoms with E-state index in [2.05, 4.69) is 34.8 Å². The summed E-state index contributed by atoms with van der Waals surface area (Å²) in [6.45, 7) is 7.06. The summed E-state index contributed by atoms with van der Waals surface area (Å²) < 4.78 is 2.12. The molecule has 0 atom stereocenters. The highest BCUT2D eigenvalue weighted by atomic mass is 15.1. The van der Waals surface area contributed by atoms with Crippen LogP contribution >= 0.6 is 0 Å². The number of unbranched alkanes of at least 4 members (excludes halogenated alkanes) is 1. The van der Waals surface area contributed by atoms with Gasteiger partial charge in [0.15, 0.2) is 0 Å². The second-order valence-corrected chi connectivity index (χ2v) is 4.32. The van der Waals surface area contributed by atoms with E-state index in [4.69, 9.17) is 5.26 Å². The third-order valence-corrected chi connectivity index (χ3v) is 2.33. The number of aromatic nitrogens is 2. The second kappa shape index (κ2) is 7.02. The normalized spacial score (nSPS) is 10.6. The Morgan fingerprint density at radius 2 is 2.38 bits per heavy atom. The van der Waals surface area contributed by atoms with E-state index in [1.807, 2.05) is 12.4 Å². The summed E-state index contributed by atoms with van der Waals surface area (Å²) in [4.78, 5) is 4.31. The minimum Gasteiger partial charge on any atom is -0.334 e. The topological polar surface area (TPSA) is 53.6 Å². The van der Waals surface area contributed by atoms with Crippen LogP contribution in [0, 0.1) is 17.2 Å². The predicted octanol–water partition coefficient (Wildman–Crippen LogP) is 1.93. The third kappa shape index (κ3) is 4.45. The van der Waals surface area contributed by atoms with Crippen LogP contribution in [0.3, 0.4) is 0 Å². The summed E-state index contributed by atoms with van der Waals surface area (Å²) in [6, 6.07) is 2.16. The molecule has 0 amide bonds. The van der Waals surface area contributed by atoms with Crippen LogP contribution in [0.1, 0.15) is 32.5 Å². The lowest BCUT2D eigenvalue weighted by Gasteiger charge is -2.09. The van der Waals surface area contributed by atoms with Crippen molar-refractivity contribution in [1.29, 1.82) is 5.26 Å². The Hall–Kier alpha value is -1.34. The van der Waals surface area contributed by atoms with E-state index in [1.54, 1.807) is 0 Å². The van der Waals surface area contributed by atoms with Crippen molar-refractivity contribution in [2.75, 3.05) is 6.54 Å². The molecule has 0 unspecified atom stereocenters. The van der Waals surface area contributed by atoms with Crippen molar-refractivity contribution in [3.05, 3.63) is 18.2 Å². The predicted molar refractivity (Wildman–Crippen MR) is 63.6 cm³/mol. The Morgan fingerprint density at radius 1 is 1.56 bits per heavy atom. The molecule has 0 saturated carbocycles. The molecule has 1 aromatic heterocycles. The van der Waals surface area contributed by atoms with E-state index in [0.717, 1.165) is 31.9 Å². The Bertz CT molecular complexity index is 335. The third-order valence-electron chi connectivity index (χ3n) is 2.33. The largest absolute Gasteiger partial charge is 0.334 e. The highest BCUT2D eigenvalue weighted by molar-refractivity contribution is 4.92. The van der Waals surface area contributed by atoms with Gasteiger partial charge in [-0.3, -0.25) is 0 Å². The molecule has 0 bridgehead atoms. The SMILES string of the molecule is CC(C)CNCc1nccn1CCCC#N. The van der Waals surface area contributed by atoms with Gasteiger partial charge in [0.2, 0.25) is 0 Å². The fraction of sp³-hybridized carbons (Fsp3) is 0.667. The van der Waals surface area contributed by atoms with E-state index >= 15 is 0 Å². The van der Waals surface area contributed by atoms with Crippen LogP contribution in [0.4, 0.5) is 0 Å². The van der Waals surface area contributed by atoms with Crippen molar-refractivity contribution in [1.82, 2.24) is 14.9 Å². The Morgan fingerprint density at radius 3 is 3.06 bits per heavy atom. The zero-order valence-electron chi connectivity index (χ0n) is 10.1. The summed E-state index contributed by atoms with van der Waals surface area (Å²) in [7, 11) is 0. The fourth-order valence-corrected chi connectivity index (χ4v) is 1.51. The lowest BCUT2D eigenvalue weighted by Crippen LogP contribution is -2.21. The van der Waals surface area contributed by atoms with Gasteiger partial charge in [0.05, 0.1) is 12.6 Å². The first-order valence-corrected chi connectivity index (χ1v) is 5.81. The first-order chi connectivity index (χ1) is 7.74. The number of imidazole rings is 1. The number of aryl methyl sites for hydroxylation is 1. The van der Waals surface area contributed by atoms with Crippen molar-refractivity contribution < 1.29 is 0 Å². The molecule has 0 aliphatic heterocycles. The molecule has 0 aliphatic carbocycles. The van der Waals surface area contributed by atoms with Crippen LogP contribution in [-0.2, 0) is 13.1 Å². The van der Waals surface area contributed by atoms with Crippen molar-refractivity contribution in [2.45, 2.75) is 39.8 Å². The maximum atomic E-state index is 8.48. The summed E-state index contributed by atoms with van der Waals surface area (Å²) in [5.74, 6) is 1.71. The molecule has 1 N–H and O–H groups in total. The van der Waals surface area contributed by atoms with Crippen molar-refractivity contribution >= 4 is 0 Å². The van der Waals surface area contributed by atoms with Gasteiger partial charge in [-0.15, -0.1) is 0 Å². The number of hydrogen-bond acceptors (Lipinski definition) is 3. The Balaban J connectivity index is 2.35. The average Bonchev–Trinajstić information content (AvgIpc) is 2.66. The van der Waals surface area contributed by atoms with Gasteiger partial charge >= 0.3 is 0 Å². The smallest absolute Gasteiger partial charge is 0.122 e. The molecule has 1 heterocycles. The minimum absolute atomic E-state index is 0.608. The van der Waals surface area contributed by atoms with Crippen molar-refractivity contribution in [3.8, 4) is 6.07 Å². The Labute approximate surface area is 97.3 Å². The van der Waals surface area contributed by atoms with E-state index < -0.39 is 0 Å². The van der Waals surface area contributed by atoms with Crippen molar-refractivity contribution in [2.24, 2.45) is 5.92 Å². The number of nitrogens with zero attached hydrogens (tertiary/aromatic N) is 3. The van der Waals surface area contributed by atoms with Gasteiger partial charge in [-0.2, -0.15) is 5.26 Å². The van der Waals surface area contributed by atoms with E-state index in [0.29, 0.717) is 12.3 Å². The maximum absolute atomic E-state index is 8.48. The summed E-state index contributed by atoms with van der Waals surface area (Å²) in [6.07, 6.45) is 5.30. The van der Waals surface area contributed by atoms with Crippen molar-refractivity contribution in [3.63, 3.8) is 0 Å². The second-order valence-electron chi connectivity index (χ2n) is 4.32. The standard InChI is InChI=1S/C12H20N4/c1-11(2)9-14-10-12-15-6-8-16(12)7-4-3-5-13/h6,8,11,14H,3-4,7,9-10H2,1-2H3. The molecule has 16 heavy (non-hydrogen) atoms. The first-order valence-electron chi connectivity index (χ1n) is 5.81. The zero-order valence-corrected chi connectivity index (χ0v) is 10.1. The quantitative estimate of drug-likeness (QED) is 0.714. The average molecular weight is 220 g/mol. The Kier molecular flexibility index (Phi) is 5.58. The molecule has 0 aromatic carbocycles. The first kappa shape index (κ1) is 12.7. The van der Waals surface area contributed by atoms with Crippen LogP contribution in [0.15, 0.2) is 12.4 Å². The molecule has 0 saturated heterocycles. The van der Waals surface area contributed by atoms with Crippen LogP contribution in [0.5, 0.6) is 0 Å². The molecule has 1 rings (SSSR count). The maximum Gasteiger partial charge on any atom is 0.122 e. The van der Waals surface area contributed by atoms with Gasteiger partial charge in [-0.25, -0.2) is 4.98 Å². The molecule has 0 aliphatic rings. The molecule has 0 radical (unpaired) electrons. The molecule has 0 fully saturated rings. The number of nitrogens with one attached hydrogen (secondary N) is 1. The van der Waals surface area contributed by atoms with Gasteiger partial charge in [-0.1, -0.05) is 13.8 Å². The summed E-state index contributed by atoms with van der Waals surface area (Å²) in [5.41, 5.74) is 0. The van der Waals surface area contributed by atoms with Crippen LogP contribution in [-0.4, -0.2) is 16.1 Å². The number of hydrogen-bond donors (Lipinski definition) is 1. The minimum atomic E-state index is 0.608. The monoisotopic (exact) mass is 220 g/mol. The fourth-order valence-electron chi connectivity index (χ4n) is 1.51. The lowest BCUT2D eigenvalue weighted by atomic mass is 10.2. The molecule has 4 nitrogen and oxygen atoms in total. The van der Waals surface area contributed by atoms with E-state index in [9.17, 15) is 0 Å². The van der Waals surface area contributed by atoms with Crippen LogP contribution < -0.4 is 5.32 Å². The summed E-state index contributed by atoms with van der Waals surface area (Å²) >= 11 is 0. The van der Waals surface area contributed by atoms with E-state index in [-0.39, 0.29) is 0 Å². The van der Waals surface area contributed by atoms with Gasteiger partial charge in [0.25, 0.3) is 0 Å². The van der Waals surface area contributed by atoms with Crippen LogP contribution in [0.2, 0.25) is 0 Å². The molecule has 1 aromatic rings. The van der Waals surface area contributed by atoms with E-state index in [1.165, 1.54) is 0 Å². The molecule has 88 valence electrons. The lowest BCUT2D eigenvalue weighted by molar-refractivity contribution is 0.523. The van der Waals surface area contributed by atoms with Gasteiger partial charge in [-0.05, 0) is 18.9 Å². The summed E-state index contributed by atoms with van der Waals surface area (Å²) in [5, 5.41) is 11.8. The highest BCUT2D eigenvalue weighted by Gasteiger charge is 2.02. The van der Waals surface area contributed by atoms with Crippen LogP contribution in [0.25, 0.3) is 0 Å². The number of nitriles is 1. The van der Waals surface area contributed by atoms with Gasteiger partial charge in [0, 0.05) is 25.4 Å². The molecular weight excluding hydrogens is 200 g/mol. The molecular formula is C12H20N4. The molecule has 0 spiro atoms. The zero-order chi connectivity index (χ0) is 11.8.